The van der Waals surface area contributed by atoms with Gasteiger partial charge in [0.05, 0.1) is 0 Å². The molecule has 6 N–H and O–H groups in total. The molecular formula is C12H26N2O4S2. The predicted molar refractivity (Wildman–Crippen MR) is 86.5 cm³/mol. The van der Waals surface area contributed by atoms with Crippen LogP contribution in [-0.2, 0) is 9.59 Å². The Balaban J connectivity index is 0. The molecule has 0 aromatic rings. The highest BCUT2D eigenvalue weighted by molar-refractivity contribution is 7.98. The lowest BCUT2D eigenvalue weighted by molar-refractivity contribution is -0.143. The van der Waals surface area contributed by atoms with E-state index in [0.29, 0.717) is 12.8 Å². The molecule has 0 aliphatic heterocycles. The monoisotopic (exact) mass is 326 g/mol. The van der Waals surface area contributed by atoms with E-state index >= 15 is 0 Å². The molecule has 20 heavy (non-hydrogen) atoms. The second kappa shape index (κ2) is 10.3. The van der Waals surface area contributed by atoms with E-state index in [0.717, 1.165) is 11.5 Å². The lowest BCUT2D eigenvalue weighted by atomic mass is 10.0. The first-order valence-electron chi connectivity index (χ1n) is 6.03. The molecule has 0 fully saturated rings. The Hall–Kier alpha value is -0.440. The van der Waals surface area contributed by atoms with Gasteiger partial charge in [0, 0.05) is 0 Å². The van der Waals surface area contributed by atoms with Crippen molar-refractivity contribution >= 4 is 35.5 Å². The van der Waals surface area contributed by atoms with Gasteiger partial charge >= 0.3 is 11.9 Å². The minimum absolute atomic E-state index is 0.517. The number of thioether (sulfide) groups is 2. The standard InChI is InChI=1S/2C6H13NO2S/c2*1-6(7,5(8)9)3-4-10-2/h2*3-4,7H2,1-2H3,(H,8,9). The summed E-state index contributed by atoms with van der Waals surface area (Å²) in [5, 5.41) is 17.1. The molecule has 0 aromatic carbocycles. The zero-order chi connectivity index (χ0) is 16.4. The first-order chi connectivity index (χ1) is 9.01. The van der Waals surface area contributed by atoms with Gasteiger partial charge in [-0.3, -0.25) is 9.59 Å². The summed E-state index contributed by atoms with van der Waals surface area (Å²) < 4.78 is 0. The SMILES string of the molecule is CSCCC(C)(N)C(=O)O.CSCCC(C)(N)C(=O)O. The Labute approximate surface area is 129 Å². The van der Waals surface area contributed by atoms with E-state index in [4.69, 9.17) is 21.7 Å². The maximum absolute atomic E-state index is 10.4. The molecule has 0 aromatic heterocycles. The van der Waals surface area contributed by atoms with Gasteiger partial charge in [0.15, 0.2) is 0 Å². The van der Waals surface area contributed by atoms with Crippen molar-refractivity contribution in [3.05, 3.63) is 0 Å². The highest BCUT2D eigenvalue weighted by Crippen LogP contribution is 2.09. The van der Waals surface area contributed by atoms with E-state index in [2.05, 4.69) is 0 Å². The second-order valence-corrected chi connectivity index (χ2v) is 6.90. The van der Waals surface area contributed by atoms with E-state index in [9.17, 15) is 9.59 Å². The summed E-state index contributed by atoms with van der Waals surface area (Å²) in [6.07, 6.45) is 4.89. The van der Waals surface area contributed by atoms with Crippen LogP contribution < -0.4 is 11.5 Å². The topological polar surface area (TPSA) is 127 Å². The van der Waals surface area contributed by atoms with Crippen LogP contribution in [0.15, 0.2) is 0 Å². The summed E-state index contributed by atoms with van der Waals surface area (Å²) in [5.74, 6) is -0.276. The van der Waals surface area contributed by atoms with Gasteiger partial charge in [-0.2, -0.15) is 23.5 Å². The van der Waals surface area contributed by atoms with Crippen LogP contribution in [-0.4, -0.2) is 57.2 Å². The van der Waals surface area contributed by atoms with Crippen molar-refractivity contribution in [2.45, 2.75) is 37.8 Å². The van der Waals surface area contributed by atoms with Crippen LogP contribution in [0, 0.1) is 0 Å². The molecule has 2 atom stereocenters. The van der Waals surface area contributed by atoms with Crippen LogP contribution in [0.2, 0.25) is 0 Å². The number of aliphatic carboxylic acids is 2. The predicted octanol–water partition coefficient (Wildman–Crippen LogP) is 1.08. The third-order valence-electron chi connectivity index (χ3n) is 2.63. The van der Waals surface area contributed by atoms with Crippen LogP contribution >= 0.6 is 23.5 Å². The van der Waals surface area contributed by atoms with Gasteiger partial charge in [-0.05, 0) is 50.7 Å². The van der Waals surface area contributed by atoms with Crippen molar-refractivity contribution in [3.8, 4) is 0 Å². The van der Waals surface area contributed by atoms with Gasteiger partial charge in [-0.15, -0.1) is 0 Å². The van der Waals surface area contributed by atoms with Crippen molar-refractivity contribution in [3.63, 3.8) is 0 Å². The number of carboxylic acid groups (broad SMARTS) is 2. The minimum atomic E-state index is -1.05. The van der Waals surface area contributed by atoms with Crippen LogP contribution in [0.1, 0.15) is 26.7 Å². The summed E-state index contributed by atoms with van der Waals surface area (Å²) >= 11 is 3.21. The highest BCUT2D eigenvalue weighted by Gasteiger charge is 2.27. The molecule has 2 unspecified atom stereocenters. The molecule has 0 amide bonds. The van der Waals surface area contributed by atoms with Gasteiger partial charge in [-0.25, -0.2) is 0 Å². The van der Waals surface area contributed by atoms with Crippen LogP contribution in [0.5, 0.6) is 0 Å². The maximum Gasteiger partial charge on any atom is 0.323 e. The van der Waals surface area contributed by atoms with Gasteiger partial charge in [0.25, 0.3) is 0 Å². The summed E-state index contributed by atoms with van der Waals surface area (Å²) in [4.78, 5) is 20.8. The minimum Gasteiger partial charge on any atom is -0.480 e. The Kier molecular flexibility index (Phi) is 11.3. The Bertz CT molecular complexity index is 280. The van der Waals surface area contributed by atoms with E-state index < -0.39 is 23.0 Å². The van der Waals surface area contributed by atoms with Gasteiger partial charge < -0.3 is 21.7 Å². The average Bonchev–Trinajstić information content (AvgIpc) is 2.34. The first-order valence-corrected chi connectivity index (χ1v) is 8.82. The van der Waals surface area contributed by atoms with E-state index in [1.165, 1.54) is 13.8 Å². The molecule has 0 bridgehead atoms. The lowest BCUT2D eigenvalue weighted by Gasteiger charge is -2.17. The van der Waals surface area contributed by atoms with Crippen molar-refractivity contribution in [2.75, 3.05) is 24.0 Å². The molecule has 0 spiro atoms. The molecule has 0 heterocycles. The van der Waals surface area contributed by atoms with Crippen LogP contribution in [0.3, 0.4) is 0 Å². The number of hydrogen-bond acceptors (Lipinski definition) is 6. The van der Waals surface area contributed by atoms with E-state index in [1.54, 1.807) is 23.5 Å². The fourth-order valence-corrected chi connectivity index (χ4v) is 2.10. The summed E-state index contributed by atoms with van der Waals surface area (Å²) in [5.41, 5.74) is 8.76. The van der Waals surface area contributed by atoms with Gasteiger partial charge in [0.1, 0.15) is 11.1 Å². The van der Waals surface area contributed by atoms with Crippen LogP contribution in [0.25, 0.3) is 0 Å². The molecule has 0 aliphatic carbocycles. The van der Waals surface area contributed by atoms with Crippen molar-refractivity contribution < 1.29 is 19.8 Å². The quantitative estimate of drug-likeness (QED) is 0.522. The molecule has 0 aliphatic rings. The Morgan fingerprint density at radius 2 is 1.15 bits per heavy atom. The molecule has 0 rings (SSSR count). The Morgan fingerprint density at radius 3 is 1.30 bits per heavy atom. The van der Waals surface area contributed by atoms with Crippen molar-refractivity contribution in [2.24, 2.45) is 11.5 Å². The van der Waals surface area contributed by atoms with Crippen molar-refractivity contribution in [1.82, 2.24) is 0 Å². The van der Waals surface area contributed by atoms with E-state index in [1.807, 2.05) is 12.5 Å². The molecule has 6 nitrogen and oxygen atoms in total. The molecule has 120 valence electrons. The van der Waals surface area contributed by atoms with Gasteiger partial charge in [0.2, 0.25) is 0 Å². The third-order valence-corrected chi connectivity index (χ3v) is 3.85. The zero-order valence-corrected chi connectivity index (χ0v) is 14.1. The Morgan fingerprint density at radius 1 is 0.900 bits per heavy atom. The maximum atomic E-state index is 10.4. The highest BCUT2D eigenvalue weighted by atomic mass is 32.2. The average molecular weight is 326 g/mol. The van der Waals surface area contributed by atoms with Gasteiger partial charge in [-0.1, -0.05) is 0 Å². The second-order valence-electron chi connectivity index (χ2n) is 4.93. The van der Waals surface area contributed by atoms with Crippen molar-refractivity contribution in [1.29, 1.82) is 0 Å². The smallest absolute Gasteiger partial charge is 0.323 e. The molecular weight excluding hydrogens is 300 g/mol. The largest absolute Gasteiger partial charge is 0.480 e. The van der Waals surface area contributed by atoms with Crippen LogP contribution in [0.4, 0.5) is 0 Å². The lowest BCUT2D eigenvalue weighted by Crippen LogP contribution is -2.45. The molecule has 8 heteroatoms. The normalized spacial score (nSPS) is 16.3. The molecule has 0 saturated carbocycles. The van der Waals surface area contributed by atoms with E-state index in [-0.39, 0.29) is 0 Å². The first kappa shape index (κ1) is 21.9. The molecule has 0 radical (unpaired) electrons. The third kappa shape index (κ3) is 10.4. The number of hydrogen-bond donors (Lipinski definition) is 4. The fraction of sp³-hybridized carbons (Fsp3) is 0.833. The zero-order valence-electron chi connectivity index (χ0n) is 12.5. The number of nitrogens with two attached hydrogens (primary N) is 2. The summed E-state index contributed by atoms with van der Waals surface area (Å²) in [6, 6.07) is 0. The summed E-state index contributed by atoms with van der Waals surface area (Å²) in [6.45, 7) is 3.07. The fourth-order valence-electron chi connectivity index (χ4n) is 0.842. The molecule has 0 saturated heterocycles. The number of carbonyl (C=O) groups is 2. The summed E-state index contributed by atoms with van der Waals surface area (Å²) in [7, 11) is 0. The number of rotatable bonds is 8. The number of carboxylic acids is 2.